The number of nitrogens with zero attached hydrogens (tertiary/aromatic N) is 3. The Balaban J connectivity index is 2.25. The zero-order valence-corrected chi connectivity index (χ0v) is 7.86. The van der Waals surface area contributed by atoms with E-state index in [-0.39, 0.29) is 5.75 Å². The van der Waals surface area contributed by atoms with Gasteiger partial charge in [0, 0.05) is 11.4 Å². The Bertz CT molecular complexity index is 409. The first kappa shape index (κ1) is 8.96. The van der Waals surface area contributed by atoms with Gasteiger partial charge in [-0.2, -0.15) is 5.21 Å². The first-order valence-electron chi connectivity index (χ1n) is 3.95. The van der Waals surface area contributed by atoms with E-state index in [1.165, 1.54) is 6.07 Å². The average molecular weight is 211 g/mol. The second-order valence-corrected chi connectivity index (χ2v) is 3.26. The van der Waals surface area contributed by atoms with Crippen LogP contribution in [0.1, 0.15) is 11.4 Å². The molecule has 0 saturated heterocycles. The number of aromatic amines is 1. The minimum absolute atomic E-state index is 0.135. The second-order valence-electron chi connectivity index (χ2n) is 2.82. The summed E-state index contributed by atoms with van der Waals surface area (Å²) < 4.78 is 0. The lowest BCUT2D eigenvalue weighted by Gasteiger charge is -1.99. The van der Waals surface area contributed by atoms with Crippen LogP contribution in [-0.4, -0.2) is 25.7 Å². The molecule has 2 N–H and O–H groups in total. The van der Waals surface area contributed by atoms with Crippen LogP contribution in [0.3, 0.4) is 0 Å². The summed E-state index contributed by atoms with van der Waals surface area (Å²) in [6.07, 6.45) is 0.491. The summed E-state index contributed by atoms with van der Waals surface area (Å²) in [5.41, 5.74) is 0.844. The second kappa shape index (κ2) is 3.63. The molecule has 72 valence electrons. The third-order valence-corrected chi connectivity index (χ3v) is 1.91. The predicted molar refractivity (Wildman–Crippen MR) is 50.1 cm³/mol. The van der Waals surface area contributed by atoms with Crippen LogP contribution in [0.2, 0.25) is 5.02 Å². The summed E-state index contributed by atoms with van der Waals surface area (Å²) >= 11 is 5.77. The van der Waals surface area contributed by atoms with Crippen LogP contribution >= 0.6 is 11.6 Å². The van der Waals surface area contributed by atoms with Crippen LogP contribution in [0.25, 0.3) is 0 Å². The third-order valence-electron chi connectivity index (χ3n) is 1.69. The van der Waals surface area contributed by atoms with Crippen molar-refractivity contribution < 1.29 is 5.11 Å². The number of rotatable bonds is 2. The molecule has 0 amide bonds. The highest BCUT2D eigenvalue weighted by atomic mass is 35.5. The first-order chi connectivity index (χ1) is 6.74. The van der Waals surface area contributed by atoms with E-state index in [0.717, 1.165) is 5.56 Å². The number of halogens is 1. The molecule has 0 spiro atoms. The highest BCUT2D eigenvalue weighted by Gasteiger charge is 2.03. The van der Waals surface area contributed by atoms with Gasteiger partial charge in [0.25, 0.3) is 0 Å². The molecule has 1 aromatic carbocycles. The monoisotopic (exact) mass is 210 g/mol. The number of hydrogen-bond acceptors (Lipinski definition) is 4. The lowest BCUT2D eigenvalue weighted by molar-refractivity contribution is 0.474. The maximum Gasteiger partial charge on any atom is 0.178 e. The topological polar surface area (TPSA) is 74.7 Å². The summed E-state index contributed by atoms with van der Waals surface area (Å²) in [6.45, 7) is 0. The van der Waals surface area contributed by atoms with Crippen molar-refractivity contribution in [2.24, 2.45) is 0 Å². The average Bonchev–Trinajstić information content (AvgIpc) is 2.54. The summed E-state index contributed by atoms with van der Waals surface area (Å²) in [5, 5.41) is 23.1. The molecular weight excluding hydrogens is 204 g/mol. The number of aromatic hydroxyl groups is 1. The molecule has 0 bridgehead atoms. The molecule has 5 nitrogen and oxygen atoms in total. The van der Waals surface area contributed by atoms with Crippen LogP contribution in [0.5, 0.6) is 5.75 Å². The maximum atomic E-state index is 9.27. The molecule has 6 heteroatoms. The number of H-pyrrole nitrogens is 1. The number of tetrazole rings is 1. The quantitative estimate of drug-likeness (QED) is 0.780. The highest BCUT2D eigenvalue weighted by molar-refractivity contribution is 6.30. The Labute approximate surface area is 84.7 Å². The molecule has 1 aromatic heterocycles. The van der Waals surface area contributed by atoms with Crippen molar-refractivity contribution in [2.45, 2.75) is 6.42 Å². The molecule has 14 heavy (non-hydrogen) atoms. The van der Waals surface area contributed by atoms with Gasteiger partial charge in [-0.15, -0.1) is 10.2 Å². The van der Waals surface area contributed by atoms with Gasteiger partial charge in [-0.3, -0.25) is 0 Å². The van der Waals surface area contributed by atoms with Gasteiger partial charge in [-0.05, 0) is 23.8 Å². The number of phenols is 1. The smallest absolute Gasteiger partial charge is 0.178 e. The summed E-state index contributed by atoms with van der Waals surface area (Å²) in [6, 6.07) is 4.83. The van der Waals surface area contributed by atoms with Gasteiger partial charge in [0.2, 0.25) is 0 Å². The molecule has 0 atom stereocenters. The van der Waals surface area contributed by atoms with Crippen molar-refractivity contribution in [2.75, 3.05) is 0 Å². The summed E-state index contributed by atoms with van der Waals surface area (Å²) in [4.78, 5) is 0. The van der Waals surface area contributed by atoms with Crippen molar-refractivity contribution in [1.29, 1.82) is 0 Å². The number of benzene rings is 1. The molecular formula is C8H7ClN4O. The van der Waals surface area contributed by atoms with Gasteiger partial charge >= 0.3 is 0 Å². The van der Waals surface area contributed by atoms with E-state index in [0.29, 0.717) is 17.3 Å². The van der Waals surface area contributed by atoms with E-state index in [9.17, 15) is 5.11 Å². The van der Waals surface area contributed by atoms with E-state index < -0.39 is 0 Å². The lowest BCUT2D eigenvalue weighted by atomic mass is 10.1. The minimum atomic E-state index is 0.135. The number of aromatic nitrogens is 4. The molecule has 0 aliphatic heterocycles. The van der Waals surface area contributed by atoms with Gasteiger partial charge < -0.3 is 5.11 Å². The molecule has 0 aliphatic carbocycles. The van der Waals surface area contributed by atoms with Gasteiger partial charge in [-0.25, -0.2) is 0 Å². The molecule has 0 aliphatic rings. The van der Waals surface area contributed by atoms with Gasteiger partial charge in [0.05, 0.1) is 0 Å². The molecule has 0 fully saturated rings. The zero-order valence-electron chi connectivity index (χ0n) is 7.11. The van der Waals surface area contributed by atoms with Gasteiger partial charge in [0.15, 0.2) is 5.82 Å². The molecule has 2 rings (SSSR count). The van der Waals surface area contributed by atoms with Crippen molar-refractivity contribution in [3.63, 3.8) is 0 Å². The molecule has 2 aromatic rings. The fraction of sp³-hybridized carbons (Fsp3) is 0.125. The van der Waals surface area contributed by atoms with Crippen LogP contribution in [0, 0.1) is 0 Å². The maximum absolute atomic E-state index is 9.27. The van der Waals surface area contributed by atoms with E-state index >= 15 is 0 Å². The van der Waals surface area contributed by atoms with E-state index in [4.69, 9.17) is 11.6 Å². The Morgan fingerprint density at radius 2 is 2.21 bits per heavy atom. The van der Waals surface area contributed by atoms with E-state index in [1.807, 2.05) is 0 Å². The Morgan fingerprint density at radius 1 is 1.36 bits per heavy atom. The SMILES string of the molecule is Oc1cc(Cl)cc(Cc2nn[nH]n2)c1. The normalized spacial score (nSPS) is 10.4. The van der Waals surface area contributed by atoms with Crippen molar-refractivity contribution >= 4 is 11.6 Å². The Hall–Kier alpha value is -1.62. The van der Waals surface area contributed by atoms with E-state index in [1.54, 1.807) is 12.1 Å². The Kier molecular flexibility index (Phi) is 2.32. The molecule has 0 saturated carbocycles. The van der Waals surface area contributed by atoms with E-state index in [2.05, 4.69) is 20.6 Å². The zero-order chi connectivity index (χ0) is 9.97. The summed E-state index contributed by atoms with van der Waals surface area (Å²) in [5.74, 6) is 0.697. The number of phenolic OH excluding ortho intramolecular Hbond substituents is 1. The van der Waals surface area contributed by atoms with Crippen LogP contribution in [-0.2, 0) is 6.42 Å². The van der Waals surface area contributed by atoms with Crippen LogP contribution in [0.15, 0.2) is 18.2 Å². The Morgan fingerprint density at radius 3 is 2.86 bits per heavy atom. The highest BCUT2D eigenvalue weighted by Crippen LogP contribution is 2.20. The fourth-order valence-corrected chi connectivity index (χ4v) is 1.43. The first-order valence-corrected chi connectivity index (χ1v) is 4.32. The fourth-order valence-electron chi connectivity index (χ4n) is 1.18. The van der Waals surface area contributed by atoms with Crippen molar-refractivity contribution in [3.8, 4) is 5.75 Å². The third kappa shape index (κ3) is 2.00. The van der Waals surface area contributed by atoms with Crippen LogP contribution in [0.4, 0.5) is 0 Å². The van der Waals surface area contributed by atoms with Gasteiger partial charge in [0.1, 0.15) is 5.75 Å². The standard InChI is InChI=1S/C8H7ClN4O/c9-6-1-5(2-7(14)4-6)3-8-10-12-13-11-8/h1-2,4,14H,3H2,(H,10,11,12,13). The lowest BCUT2D eigenvalue weighted by Crippen LogP contribution is -1.90. The summed E-state index contributed by atoms with van der Waals surface area (Å²) in [7, 11) is 0. The van der Waals surface area contributed by atoms with Gasteiger partial charge in [-0.1, -0.05) is 16.8 Å². The number of nitrogens with one attached hydrogen (secondary N) is 1. The minimum Gasteiger partial charge on any atom is -0.508 e. The van der Waals surface area contributed by atoms with Crippen molar-refractivity contribution in [1.82, 2.24) is 20.6 Å². The number of hydrogen-bond donors (Lipinski definition) is 2. The largest absolute Gasteiger partial charge is 0.508 e. The van der Waals surface area contributed by atoms with Crippen molar-refractivity contribution in [3.05, 3.63) is 34.6 Å². The van der Waals surface area contributed by atoms with Crippen LogP contribution < -0.4 is 0 Å². The molecule has 1 heterocycles. The predicted octanol–water partition coefficient (Wildman–Crippen LogP) is 1.15. The molecule has 0 unspecified atom stereocenters. The molecule has 0 radical (unpaired) electrons.